The summed E-state index contributed by atoms with van der Waals surface area (Å²) in [5.74, 6) is 2.35. The van der Waals surface area contributed by atoms with E-state index in [-0.39, 0.29) is 0 Å². The molecule has 0 saturated heterocycles. The maximum atomic E-state index is 6.60. The summed E-state index contributed by atoms with van der Waals surface area (Å²) < 4.78 is 11.9. The molecule has 1 unspecified atom stereocenters. The zero-order chi connectivity index (χ0) is 16.3. The number of nitrogens with zero attached hydrogens (tertiary/aromatic N) is 1. The molecule has 5 rings (SSSR count). The van der Waals surface area contributed by atoms with Gasteiger partial charge in [-0.15, -0.1) is 0 Å². The lowest BCUT2D eigenvalue weighted by molar-refractivity contribution is 0.379. The molecule has 1 N–H and O–H groups in total. The van der Waals surface area contributed by atoms with Crippen LogP contribution in [0.3, 0.4) is 0 Å². The summed E-state index contributed by atoms with van der Waals surface area (Å²) in [6.45, 7) is 0. The smallest absolute Gasteiger partial charge is 0.171 e. The monoisotopic (exact) mass is 356 g/mol. The Hall–Kier alpha value is -2.43. The largest absolute Gasteiger partial charge is 0.455 e. The van der Waals surface area contributed by atoms with E-state index in [2.05, 4.69) is 10.3 Å². The van der Waals surface area contributed by atoms with Crippen LogP contribution in [-0.4, -0.2) is 11.8 Å². The first-order valence-electron chi connectivity index (χ1n) is 7.41. The van der Waals surface area contributed by atoms with E-state index < -0.39 is 6.04 Å². The molecule has 4 nitrogen and oxygen atoms in total. The summed E-state index contributed by atoms with van der Waals surface area (Å²) in [6, 6.07) is 14.7. The van der Waals surface area contributed by atoms with Gasteiger partial charge in [0, 0.05) is 0 Å². The van der Waals surface area contributed by atoms with E-state index in [4.69, 9.17) is 32.7 Å². The summed E-state index contributed by atoms with van der Waals surface area (Å²) in [5, 5.41) is 4.21. The van der Waals surface area contributed by atoms with Crippen LogP contribution in [-0.2, 0) is 0 Å². The predicted molar refractivity (Wildman–Crippen MR) is 94.4 cm³/mol. The first-order valence-corrected chi connectivity index (χ1v) is 8.17. The SMILES string of the molecule is ClC1=C2Oc3ccccc3NC2C(Cl)=C2Oc3ccccc3N=C12. The fourth-order valence-electron chi connectivity index (χ4n) is 2.95. The molecule has 0 saturated carbocycles. The maximum absolute atomic E-state index is 6.60. The molecule has 1 aliphatic carbocycles. The highest BCUT2D eigenvalue weighted by Gasteiger charge is 2.40. The van der Waals surface area contributed by atoms with Crippen molar-refractivity contribution in [2.45, 2.75) is 6.04 Å². The third-order valence-corrected chi connectivity index (χ3v) is 4.84. The van der Waals surface area contributed by atoms with Crippen LogP contribution in [0.15, 0.2) is 75.1 Å². The van der Waals surface area contributed by atoms with Crippen LogP contribution in [0.1, 0.15) is 0 Å². The Labute approximate surface area is 148 Å². The molecule has 24 heavy (non-hydrogen) atoms. The van der Waals surface area contributed by atoms with Crippen molar-refractivity contribution >= 4 is 40.3 Å². The molecular weight excluding hydrogens is 347 g/mol. The molecule has 6 heteroatoms. The zero-order valence-corrected chi connectivity index (χ0v) is 13.7. The minimum atomic E-state index is -0.395. The van der Waals surface area contributed by atoms with Crippen LogP contribution < -0.4 is 14.8 Å². The summed E-state index contributed by atoms with van der Waals surface area (Å²) in [6.07, 6.45) is 0. The van der Waals surface area contributed by atoms with E-state index in [1.807, 2.05) is 48.5 Å². The van der Waals surface area contributed by atoms with Crippen molar-refractivity contribution in [1.29, 1.82) is 0 Å². The summed E-state index contributed by atoms with van der Waals surface area (Å²) in [5.41, 5.74) is 2.06. The van der Waals surface area contributed by atoms with Gasteiger partial charge in [0.05, 0.1) is 10.7 Å². The molecule has 0 bridgehead atoms. The van der Waals surface area contributed by atoms with Crippen molar-refractivity contribution in [2.75, 3.05) is 5.32 Å². The van der Waals surface area contributed by atoms with Crippen LogP contribution in [0.2, 0.25) is 0 Å². The van der Waals surface area contributed by atoms with Gasteiger partial charge in [0.1, 0.15) is 28.2 Å². The standard InChI is InChI=1S/C18H10Cl2N2O2/c19-13-15-17(23-11-7-3-1-5-9(11)21-15)14(20)16-18(13)24-12-8-4-2-6-10(12)22-16/h1-8,15,21H. The summed E-state index contributed by atoms with van der Waals surface area (Å²) in [7, 11) is 0. The van der Waals surface area contributed by atoms with Gasteiger partial charge in [-0.25, -0.2) is 4.99 Å². The van der Waals surface area contributed by atoms with E-state index in [0.717, 1.165) is 5.69 Å². The second-order valence-corrected chi connectivity index (χ2v) is 6.35. The van der Waals surface area contributed by atoms with Gasteiger partial charge in [0.15, 0.2) is 17.3 Å². The van der Waals surface area contributed by atoms with Crippen molar-refractivity contribution in [3.63, 3.8) is 0 Å². The van der Waals surface area contributed by atoms with Crippen molar-refractivity contribution in [2.24, 2.45) is 4.99 Å². The molecule has 3 aliphatic rings. The second kappa shape index (κ2) is 5.03. The lowest BCUT2D eigenvalue weighted by atomic mass is 10.0. The topological polar surface area (TPSA) is 42.8 Å². The minimum Gasteiger partial charge on any atom is -0.455 e. The van der Waals surface area contributed by atoms with E-state index in [1.165, 1.54) is 0 Å². The van der Waals surface area contributed by atoms with E-state index in [1.54, 1.807) is 0 Å². The number of hydrogen-bond donors (Lipinski definition) is 1. The lowest BCUT2D eigenvalue weighted by Crippen LogP contribution is -2.37. The van der Waals surface area contributed by atoms with Crippen molar-refractivity contribution in [3.8, 4) is 11.5 Å². The number of allylic oxidation sites excluding steroid dienone is 1. The van der Waals surface area contributed by atoms with Crippen LogP contribution >= 0.6 is 23.2 Å². The Kier molecular flexibility index (Phi) is 2.93. The van der Waals surface area contributed by atoms with Crippen molar-refractivity contribution < 1.29 is 9.47 Å². The first kappa shape index (κ1) is 14.0. The van der Waals surface area contributed by atoms with Gasteiger partial charge in [0.25, 0.3) is 0 Å². The highest BCUT2D eigenvalue weighted by molar-refractivity contribution is 6.49. The van der Waals surface area contributed by atoms with Gasteiger partial charge in [-0.2, -0.15) is 0 Å². The second-order valence-electron chi connectivity index (χ2n) is 5.56. The van der Waals surface area contributed by atoms with Crippen molar-refractivity contribution in [1.82, 2.24) is 0 Å². The fourth-order valence-corrected chi connectivity index (χ4v) is 3.50. The lowest BCUT2D eigenvalue weighted by Gasteiger charge is -2.35. The minimum absolute atomic E-state index is 0.395. The molecular formula is C18H10Cl2N2O2. The number of para-hydroxylation sites is 4. The first-order chi connectivity index (χ1) is 11.7. The fraction of sp³-hybridized carbons (Fsp3) is 0.0556. The van der Waals surface area contributed by atoms with Gasteiger partial charge >= 0.3 is 0 Å². The van der Waals surface area contributed by atoms with Gasteiger partial charge in [-0.05, 0) is 24.3 Å². The van der Waals surface area contributed by atoms with Gasteiger partial charge in [0.2, 0.25) is 0 Å². The molecule has 0 radical (unpaired) electrons. The van der Waals surface area contributed by atoms with E-state index in [9.17, 15) is 0 Å². The molecule has 118 valence electrons. The average Bonchev–Trinajstić information content (AvgIpc) is 2.64. The number of hydrogen-bond acceptors (Lipinski definition) is 4. The third kappa shape index (κ3) is 1.90. The number of aliphatic imine (C=N–C) groups is 1. The number of anilines is 1. The molecule has 2 aromatic carbocycles. The average molecular weight is 357 g/mol. The highest BCUT2D eigenvalue weighted by atomic mass is 35.5. The predicted octanol–water partition coefficient (Wildman–Crippen LogP) is 4.94. The third-order valence-electron chi connectivity index (χ3n) is 4.09. The zero-order valence-electron chi connectivity index (χ0n) is 12.2. The molecule has 2 aromatic rings. The van der Waals surface area contributed by atoms with Gasteiger partial charge < -0.3 is 14.8 Å². The number of benzene rings is 2. The van der Waals surface area contributed by atoms with E-state index in [0.29, 0.717) is 44.5 Å². The van der Waals surface area contributed by atoms with Crippen LogP contribution in [0.4, 0.5) is 11.4 Å². The molecule has 2 aliphatic heterocycles. The maximum Gasteiger partial charge on any atom is 0.171 e. The normalized spacial score (nSPS) is 20.6. The van der Waals surface area contributed by atoms with Crippen LogP contribution in [0.25, 0.3) is 0 Å². The molecule has 0 aromatic heterocycles. The molecule has 2 heterocycles. The molecule has 0 fully saturated rings. The van der Waals surface area contributed by atoms with Gasteiger partial charge in [-0.3, -0.25) is 0 Å². The number of rotatable bonds is 0. The van der Waals surface area contributed by atoms with Gasteiger partial charge in [-0.1, -0.05) is 47.5 Å². The summed E-state index contributed by atoms with van der Waals surface area (Å²) >= 11 is 13.2. The molecule has 0 spiro atoms. The Morgan fingerprint density at radius 1 is 0.917 bits per heavy atom. The Morgan fingerprint density at radius 3 is 2.54 bits per heavy atom. The number of nitrogens with one attached hydrogen (secondary N) is 1. The highest BCUT2D eigenvalue weighted by Crippen LogP contribution is 2.45. The molecule has 1 atom stereocenters. The quantitative estimate of drug-likeness (QED) is 0.726. The Morgan fingerprint density at radius 2 is 1.67 bits per heavy atom. The molecule has 0 amide bonds. The number of fused-ring (bicyclic) bond motifs is 4. The number of ether oxygens (including phenoxy) is 2. The van der Waals surface area contributed by atoms with E-state index >= 15 is 0 Å². The summed E-state index contributed by atoms with van der Waals surface area (Å²) in [4.78, 5) is 4.60. The van der Waals surface area contributed by atoms with Crippen molar-refractivity contribution in [3.05, 3.63) is 70.1 Å². The Bertz CT molecular complexity index is 978. The van der Waals surface area contributed by atoms with Crippen LogP contribution in [0.5, 0.6) is 11.5 Å². The van der Waals surface area contributed by atoms with Crippen LogP contribution in [0, 0.1) is 0 Å². The Balaban J connectivity index is 1.70. The number of halogens is 2.